The molecular formula is C22H29BO3S. The van der Waals surface area contributed by atoms with Crippen LogP contribution < -0.4 is 10.2 Å². The summed E-state index contributed by atoms with van der Waals surface area (Å²) < 4.78 is 31.5. The third kappa shape index (κ3) is 4.03. The third-order valence-electron chi connectivity index (χ3n) is 6.28. The van der Waals surface area contributed by atoms with Crippen LogP contribution in [0.3, 0.4) is 0 Å². The van der Waals surface area contributed by atoms with Crippen LogP contribution in [0, 0.1) is 0 Å². The predicted octanol–water partition coefficient (Wildman–Crippen LogP) is 4.84. The fourth-order valence-corrected chi connectivity index (χ4v) is 5.83. The molecule has 4 rings (SSSR count). The van der Waals surface area contributed by atoms with E-state index < -0.39 is 9.84 Å². The Hall–Kier alpha value is -1.49. The van der Waals surface area contributed by atoms with E-state index in [0.717, 1.165) is 42.0 Å². The van der Waals surface area contributed by atoms with Crippen molar-refractivity contribution in [2.24, 2.45) is 0 Å². The van der Waals surface area contributed by atoms with Gasteiger partial charge in [0.05, 0.1) is 11.0 Å². The summed E-state index contributed by atoms with van der Waals surface area (Å²) in [5, 5.41) is 1.87. The van der Waals surface area contributed by atoms with Crippen LogP contribution >= 0.6 is 0 Å². The maximum Gasteiger partial charge on any atom is 0.176 e. The smallest absolute Gasteiger partial charge is 0.176 e. The molecule has 5 heteroatoms. The molecule has 1 heterocycles. The van der Waals surface area contributed by atoms with Gasteiger partial charge in [0.2, 0.25) is 0 Å². The molecule has 1 aliphatic heterocycles. The minimum absolute atomic E-state index is 0.254. The van der Waals surface area contributed by atoms with Crippen LogP contribution in [0.4, 0.5) is 0 Å². The second kappa shape index (κ2) is 7.87. The van der Waals surface area contributed by atoms with E-state index in [1.54, 1.807) is 6.07 Å². The first-order chi connectivity index (χ1) is 13.0. The molecule has 0 spiro atoms. The first-order valence-corrected chi connectivity index (χ1v) is 12.4. The molecule has 0 N–H and O–H groups in total. The highest BCUT2D eigenvalue weighted by atomic mass is 32.2. The molecule has 0 radical (unpaired) electrons. The molecule has 1 aliphatic carbocycles. The lowest BCUT2D eigenvalue weighted by molar-refractivity contribution is 0.157. The van der Waals surface area contributed by atoms with E-state index in [2.05, 4.69) is 12.1 Å². The fraction of sp³-hybridized carbons (Fsp3) is 0.545. The molecule has 0 atom stereocenters. The zero-order chi connectivity index (χ0) is 18.9. The van der Waals surface area contributed by atoms with Crippen molar-refractivity contribution in [1.82, 2.24) is 0 Å². The van der Waals surface area contributed by atoms with Crippen molar-refractivity contribution in [2.75, 3.05) is 6.26 Å². The second-order valence-electron chi connectivity index (χ2n) is 8.32. The van der Waals surface area contributed by atoms with Crippen LogP contribution in [0.5, 0.6) is 5.75 Å². The molecule has 2 fully saturated rings. The van der Waals surface area contributed by atoms with Gasteiger partial charge in [-0.25, -0.2) is 8.42 Å². The van der Waals surface area contributed by atoms with Crippen molar-refractivity contribution in [3.05, 3.63) is 30.3 Å². The van der Waals surface area contributed by atoms with Gasteiger partial charge in [-0.15, -0.1) is 0 Å². The molecule has 2 aromatic rings. The van der Waals surface area contributed by atoms with E-state index in [-0.39, 0.29) is 6.10 Å². The standard InChI is InChI=1S/C22H29BO3S/c1-27(24,25)21-12-8-11-18-20(26-17-9-4-2-5-10-17)14-13-19(22(18)21)23-15-6-3-7-16-23/h8,11-14,17H,2-7,9-10,15-16H2,1H3. The van der Waals surface area contributed by atoms with Gasteiger partial charge in [-0.05, 0) is 43.2 Å². The highest BCUT2D eigenvalue weighted by Gasteiger charge is 2.26. The number of ether oxygens (including phenoxy) is 1. The monoisotopic (exact) mass is 384 g/mol. The number of benzene rings is 2. The fourth-order valence-electron chi connectivity index (χ4n) is 4.90. The Labute approximate surface area is 163 Å². The topological polar surface area (TPSA) is 43.4 Å². The first-order valence-electron chi connectivity index (χ1n) is 10.5. The molecule has 144 valence electrons. The van der Waals surface area contributed by atoms with E-state index in [0.29, 0.717) is 11.6 Å². The van der Waals surface area contributed by atoms with Crippen molar-refractivity contribution in [2.45, 2.75) is 75.0 Å². The Kier molecular flexibility index (Phi) is 5.49. The highest BCUT2D eigenvalue weighted by Crippen LogP contribution is 2.33. The van der Waals surface area contributed by atoms with Crippen LogP contribution in [0.2, 0.25) is 12.6 Å². The van der Waals surface area contributed by atoms with Gasteiger partial charge in [-0.3, -0.25) is 0 Å². The maximum atomic E-state index is 12.5. The van der Waals surface area contributed by atoms with Gasteiger partial charge >= 0.3 is 0 Å². The number of hydrogen-bond acceptors (Lipinski definition) is 3. The molecule has 0 aromatic heterocycles. The van der Waals surface area contributed by atoms with E-state index in [4.69, 9.17) is 4.74 Å². The summed E-state index contributed by atoms with van der Waals surface area (Å²) in [6.07, 6.45) is 13.5. The van der Waals surface area contributed by atoms with Crippen LogP contribution in [0.15, 0.2) is 35.2 Å². The van der Waals surface area contributed by atoms with Gasteiger partial charge in [-0.2, -0.15) is 0 Å². The van der Waals surface area contributed by atoms with Gasteiger partial charge in [0, 0.05) is 11.6 Å². The number of sulfone groups is 1. The lowest BCUT2D eigenvalue weighted by Gasteiger charge is -2.26. The quantitative estimate of drug-likeness (QED) is 0.709. The molecule has 1 saturated carbocycles. The minimum Gasteiger partial charge on any atom is -0.490 e. The largest absolute Gasteiger partial charge is 0.490 e. The first kappa shape index (κ1) is 18.9. The van der Waals surface area contributed by atoms with E-state index >= 15 is 0 Å². The molecule has 0 amide bonds. The summed E-state index contributed by atoms with van der Waals surface area (Å²) in [5.74, 6) is 0.849. The molecule has 0 unspecified atom stereocenters. The van der Waals surface area contributed by atoms with E-state index in [9.17, 15) is 8.42 Å². The van der Waals surface area contributed by atoms with Gasteiger partial charge in [0.25, 0.3) is 0 Å². The summed E-state index contributed by atoms with van der Waals surface area (Å²) >= 11 is 0. The molecule has 3 nitrogen and oxygen atoms in total. The zero-order valence-corrected chi connectivity index (χ0v) is 17.1. The summed E-state index contributed by atoms with van der Waals surface area (Å²) in [6, 6.07) is 9.89. The van der Waals surface area contributed by atoms with Crippen molar-refractivity contribution in [3.8, 4) is 5.75 Å². The van der Waals surface area contributed by atoms with Crippen LogP contribution in [-0.2, 0) is 9.84 Å². The average Bonchev–Trinajstić information content (AvgIpc) is 2.68. The summed E-state index contributed by atoms with van der Waals surface area (Å²) in [6.45, 7) is 0.452. The van der Waals surface area contributed by atoms with Crippen molar-refractivity contribution in [3.63, 3.8) is 0 Å². The van der Waals surface area contributed by atoms with Crippen LogP contribution in [-0.4, -0.2) is 27.5 Å². The summed E-state index contributed by atoms with van der Waals surface area (Å²) in [5.41, 5.74) is 1.20. The number of fused-ring (bicyclic) bond motifs is 1. The van der Waals surface area contributed by atoms with Crippen LogP contribution in [0.25, 0.3) is 10.8 Å². The van der Waals surface area contributed by atoms with Gasteiger partial charge < -0.3 is 4.74 Å². The second-order valence-corrected chi connectivity index (χ2v) is 10.3. The molecule has 1 saturated heterocycles. The Morgan fingerprint density at radius 1 is 0.926 bits per heavy atom. The van der Waals surface area contributed by atoms with Crippen molar-refractivity contribution >= 4 is 32.8 Å². The van der Waals surface area contributed by atoms with Gasteiger partial charge in [0.1, 0.15) is 5.75 Å². The van der Waals surface area contributed by atoms with Gasteiger partial charge in [-0.1, -0.05) is 62.0 Å². The van der Waals surface area contributed by atoms with E-state index in [1.807, 2.05) is 12.1 Å². The molecule has 2 aliphatic rings. The Balaban J connectivity index is 1.84. The van der Waals surface area contributed by atoms with E-state index in [1.165, 1.54) is 50.2 Å². The third-order valence-corrected chi connectivity index (χ3v) is 7.42. The van der Waals surface area contributed by atoms with Crippen molar-refractivity contribution < 1.29 is 13.2 Å². The number of rotatable bonds is 4. The Morgan fingerprint density at radius 2 is 1.63 bits per heavy atom. The Morgan fingerprint density at radius 3 is 2.33 bits per heavy atom. The average molecular weight is 384 g/mol. The van der Waals surface area contributed by atoms with Crippen LogP contribution in [0.1, 0.15) is 51.4 Å². The minimum atomic E-state index is -3.30. The highest BCUT2D eigenvalue weighted by molar-refractivity contribution is 7.91. The van der Waals surface area contributed by atoms with Gasteiger partial charge in [0.15, 0.2) is 16.6 Å². The molecule has 27 heavy (non-hydrogen) atoms. The normalized spacial score (nSPS) is 19.4. The molecule has 0 bridgehead atoms. The van der Waals surface area contributed by atoms with Crippen molar-refractivity contribution in [1.29, 1.82) is 0 Å². The predicted molar refractivity (Wildman–Crippen MR) is 113 cm³/mol. The lowest BCUT2D eigenvalue weighted by Crippen LogP contribution is -2.33. The molecular weight excluding hydrogens is 355 g/mol. The Bertz CT molecular complexity index is 911. The summed E-state index contributed by atoms with van der Waals surface area (Å²) in [7, 11) is -3.30. The SMILES string of the molecule is CS(=O)(=O)c1cccc2c(OC3CCCCC3)ccc(B3CCCCC3)c12. The molecule has 2 aromatic carbocycles. The lowest BCUT2D eigenvalue weighted by atomic mass is 9.37. The maximum absolute atomic E-state index is 12.5. The summed E-state index contributed by atoms with van der Waals surface area (Å²) in [4.78, 5) is 0.453. The zero-order valence-electron chi connectivity index (χ0n) is 16.2. The number of hydrogen-bond donors (Lipinski definition) is 0.